The first kappa shape index (κ1) is 12.3. The summed E-state index contributed by atoms with van der Waals surface area (Å²) in [4.78, 5) is 14.0. The Bertz CT molecular complexity index is 396. The summed E-state index contributed by atoms with van der Waals surface area (Å²) in [6.07, 6.45) is 0.868. The Hall–Kier alpha value is -1.20. The van der Waals surface area contributed by atoms with Crippen LogP contribution in [0.25, 0.3) is 0 Å². The Morgan fingerprint density at radius 3 is 3.06 bits per heavy atom. The van der Waals surface area contributed by atoms with E-state index in [9.17, 15) is 4.79 Å². The van der Waals surface area contributed by atoms with Crippen LogP contribution >= 0.6 is 11.6 Å². The van der Waals surface area contributed by atoms with Crippen LogP contribution in [0, 0.1) is 0 Å². The van der Waals surface area contributed by atoms with Crippen LogP contribution in [0.15, 0.2) is 12.1 Å². The predicted molar refractivity (Wildman–Crippen MR) is 63.0 cm³/mol. The highest BCUT2D eigenvalue weighted by molar-refractivity contribution is 6.29. The number of halogens is 1. The van der Waals surface area contributed by atoms with Gasteiger partial charge in [-0.2, -0.15) is 0 Å². The molecule has 1 unspecified atom stereocenters. The van der Waals surface area contributed by atoms with E-state index in [-0.39, 0.29) is 17.1 Å². The summed E-state index contributed by atoms with van der Waals surface area (Å²) >= 11 is 5.64. The maximum atomic E-state index is 12.2. The molecule has 1 aliphatic heterocycles. The number of hydrogen-bond donors (Lipinski definition) is 0. The number of carbonyl (C=O) groups is 1. The van der Waals surface area contributed by atoms with Crippen LogP contribution in [-0.2, 0) is 4.74 Å². The molecule has 0 aromatic carbocycles. The average molecular weight is 256 g/mol. The zero-order chi connectivity index (χ0) is 12.3. The van der Waals surface area contributed by atoms with Crippen molar-refractivity contribution in [1.29, 1.82) is 0 Å². The molecule has 1 aromatic rings. The lowest BCUT2D eigenvalue weighted by molar-refractivity contribution is -0.00316. The highest BCUT2D eigenvalue weighted by atomic mass is 35.5. The maximum absolute atomic E-state index is 12.2. The summed E-state index contributed by atoms with van der Waals surface area (Å²) in [5, 5.41) is 7.78. The van der Waals surface area contributed by atoms with E-state index in [2.05, 4.69) is 10.2 Å². The number of hydrogen-bond acceptors (Lipinski definition) is 4. The first-order valence-electron chi connectivity index (χ1n) is 5.60. The topological polar surface area (TPSA) is 55.3 Å². The van der Waals surface area contributed by atoms with E-state index in [1.807, 2.05) is 6.92 Å². The zero-order valence-corrected chi connectivity index (χ0v) is 10.4. The number of ether oxygens (including phenoxy) is 1. The van der Waals surface area contributed by atoms with Gasteiger partial charge in [0.15, 0.2) is 10.8 Å². The van der Waals surface area contributed by atoms with Gasteiger partial charge in [-0.1, -0.05) is 18.5 Å². The minimum atomic E-state index is -0.107. The molecule has 1 atom stereocenters. The van der Waals surface area contributed by atoms with Gasteiger partial charge >= 0.3 is 0 Å². The highest BCUT2D eigenvalue weighted by Crippen LogP contribution is 2.14. The van der Waals surface area contributed by atoms with Gasteiger partial charge in [0, 0.05) is 6.54 Å². The Morgan fingerprint density at radius 2 is 2.41 bits per heavy atom. The van der Waals surface area contributed by atoms with Crippen molar-refractivity contribution in [2.24, 2.45) is 0 Å². The zero-order valence-electron chi connectivity index (χ0n) is 9.60. The van der Waals surface area contributed by atoms with E-state index in [0.717, 1.165) is 6.42 Å². The van der Waals surface area contributed by atoms with E-state index in [4.69, 9.17) is 16.3 Å². The lowest BCUT2D eigenvalue weighted by Crippen LogP contribution is -2.48. The molecule has 0 bridgehead atoms. The summed E-state index contributed by atoms with van der Waals surface area (Å²) in [7, 11) is 0. The number of nitrogens with zero attached hydrogens (tertiary/aromatic N) is 3. The van der Waals surface area contributed by atoms with Crippen molar-refractivity contribution in [3.63, 3.8) is 0 Å². The van der Waals surface area contributed by atoms with Crippen molar-refractivity contribution in [2.75, 3.05) is 19.8 Å². The van der Waals surface area contributed by atoms with Crippen molar-refractivity contribution >= 4 is 17.5 Å². The number of carbonyl (C=O) groups excluding carboxylic acids is 1. The molecule has 0 N–H and O–H groups in total. The summed E-state index contributed by atoms with van der Waals surface area (Å²) in [6.45, 7) is 3.79. The van der Waals surface area contributed by atoms with Crippen LogP contribution in [0.5, 0.6) is 0 Å². The molecule has 0 aliphatic carbocycles. The van der Waals surface area contributed by atoms with Gasteiger partial charge < -0.3 is 9.64 Å². The van der Waals surface area contributed by atoms with Crippen molar-refractivity contribution in [3.8, 4) is 0 Å². The van der Waals surface area contributed by atoms with E-state index in [0.29, 0.717) is 25.5 Å². The lowest BCUT2D eigenvalue weighted by atomic mass is 10.1. The standard InChI is InChI=1S/C11H14ClN3O2/c1-2-8-7-17-6-5-15(8)11(16)9-3-4-10(12)14-13-9/h3-4,8H,2,5-7H2,1H3. The van der Waals surface area contributed by atoms with Crippen LogP contribution in [-0.4, -0.2) is 46.8 Å². The van der Waals surface area contributed by atoms with Gasteiger partial charge in [0.25, 0.3) is 5.91 Å². The summed E-state index contributed by atoms with van der Waals surface area (Å²) in [5.41, 5.74) is 0.328. The largest absolute Gasteiger partial charge is 0.377 e. The second-order valence-corrected chi connectivity index (χ2v) is 4.26. The second-order valence-electron chi connectivity index (χ2n) is 3.88. The SMILES string of the molecule is CCC1COCCN1C(=O)c1ccc(Cl)nn1. The van der Waals surface area contributed by atoms with Gasteiger partial charge in [0.2, 0.25) is 0 Å². The predicted octanol–water partition coefficient (Wildman–Crippen LogP) is 1.38. The number of aromatic nitrogens is 2. The molecule has 17 heavy (non-hydrogen) atoms. The van der Waals surface area contributed by atoms with Crippen LogP contribution in [0.3, 0.4) is 0 Å². The molecule has 0 spiro atoms. The van der Waals surface area contributed by atoms with Crippen LogP contribution < -0.4 is 0 Å². The molecule has 92 valence electrons. The Morgan fingerprint density at radius 1 is 1.59 bits per heavy atom. The van der Waals surface area contributed by atoms with Gasteiger partial charge in [0.05, 0.1) is 19.3 Å². The molecule has 6 heteroatoms. The Kier molecular flexibility index (Phi) is 3.91. The molecule has 0 saturated carbocycles. The normalized spacial score (nSPS) is 20.4. The molecular weight excluding hydrogens is 242 g/mol. The minimum absolute atomic E-state index is 0.107. The number of morpholine rings is 1. The van der Waals surface area contributed by atoms with E-state index in [1.165, 1.54) is 0 Å². The molecule has 1 fully saturated rings. The first-order valence-corrected chi connectivity index (χ1v) is 5.98. The van der Waals surface area contributed by atoms with Crippen molar-refractivity contribution in [3.05, 3.63) is 23.0 Å². The third kappa shape index (κ3) is 2.73. The average Bonchev–Trinajstić information content (AvgIpc) is 2.39. The smallest absolute Gasteiger partial charge is 0.274 e. The molecular formula is C11H14ClN3O2. The van der Waals surface area contributed by atoms with Crippen LogP contribution in [0.4, 0.5) is 0 Å². The molecule has 1 saturated heterocycles. The third-order valence-corrected chi connectivity index (χ3v) is 3.01. The number of rotatable bonds is 2. The van der Waals surface area contributed by atoms with E-state index in [1.54, 1.807) is 17.0 Å². The monoisotopic (exact) mass is 255 g/mol. The Balaban J connectivity index is 2.15. The first-order chi connectivity index (χ1) is 8.22. The molecule has 1 aliphatic rings. The fourth-order valence-electron chi connectivity index (χ4n) is 1.84. The van der Waals surface area contributed by atoms with Crippen LogP contribution in [0.1, 0.15) is 23.8 Å². The summed E-state index contributed by atoms with van der Waals surface area (Å²) in [5.74, 6) is -0.107. The fourth-order valence-corrected chi connectivity index (χ4v) is 1.94. The molecule has 5 nitrogen and oxygen atoms in total. The molecule has 0 radical (unpaired) electrons. The maximum Gasteiger partial charge on any atom is 0.274 e. The van der Waals surface area contributed by atoms with Crippen LogP contribution in [0.2, 0.25) is 5.15 Å². The van der Waals surface area contributed by atoms with Gasteiger partial charge in [-0.3, -0.25) is 4.79 Å². The fraction of sp³-hybridized carbons (Fsp3) is 0.545. The number of amides is 1. The van der Waals surface area contributed by atoms with Gasteiger partial charge in [-0.05, 0) is 18.6 Å². The van der Waals surface area contributed by atoms with Crippen molar-refractivity contribution in [1.82, 2.24) is 15.1 Å². The van der Waals surface area contributed by atoms with Gasteiger partial charge in [0.1, 0.15) is 0 Å². The van der Waals surface area contributed by atoms with Gasteiger partial charge in [-0.15, -0.1) is 10.2 Å². The van der Waals surface area contributed by atoms with Gasteiger partial charge in [-0.25, -0.2) is 0 Å². The molecule has 1 aromatic heterocycles. The summed E-state index contributed by atoms with van der Waals surface area (Å²) in [6, 6.07) is 3.29. The Labute approximate surface area is 105 Å². The molecule has 1 amide bonds. The van der Waals surface area contributed by atoms with E-state index < -0.39 is 0 Å². The third-order valence-electron chi connectivity index (χ3n) is 2.81. The summed E-state index contributed by atoms with van der Waals surface area (Å²) < 4.78 is 5.36. The van der Waals surface area contributed by atoms with E-state index >= 15 is 0 Å². The lowest BCUT2D eigenvalue weighted by Gasteiger charge is -2.34. The van der Waals surface area contributed by atoms with Crippen molar-refractivity contribution < 1.29 is 9.53 Å². The second kappa shape index (κ2) is 5.42. The molecule has 2 heterocycles. The minimum Gasteiger partial charge on any atom is -0.377 e. The molecule has 2 rings (SSSR count). The quantitative estimate of drug-likeness (QED) is 0.801. The van der Waals surface area contributed by atoms with Crippen molar-refractivity contribution in [2.45, 2.75) is 19.4 Å². The highest BCUT2D eigenvalue weighted by Gasteiger charge is 2.27.